The van der Waals surface area contributed by atoms with Crippen LogP contribution < -0.4 is 4.90 Å². The van der Waals surface area contributed by atoms with Gasteiger partial charge in [-0.25, -0.2) is 4.39 Å². The summed E-state index contributed by atoms with van der Waals surface area (Å²) in [5, 5.41) is 0.702. The molecule has 0 unspecified atom stereocenters. The van der Waals surface area contributed by atoms with Gasteiger partial charge in [-0.2, -0.15) is 0 Å². The second kappa shape index (κ2) is 6.05. The zero-order chi connectivity index (χ0) is 13.1. The predicted octanol–water partition coefficient (Wildman–Crippen LogP) is 4.74. The minimum atomic E-state index is -0.154. The molecule has 0 spiro atoms. The standard InChI is InChI=1S/C15H21BrFN/c1-11-3-6-14(7-4-11)18(2)15-8-5-13(17)9-12(15)10-16/h5,8-9,11,14H,3-4,6-7,10H2,1-2H3. The van der Waals surface area contributed by atoms with E-state index < -0.39 is 0 Å². The van der Waals surface area contributed by atoms with E-state index in [1.807, 2.05) is 6.07 Å². The first kappa shape index (κ1) is 13.9. The van der Waals surface area contributed by atoms with Crippen LogP contribution in [0.25, 0.3) is 0 Å². The molecule has 3 heteroatoms. The molecule has 0 amide bonds. The Morgan fingerprint density at radius 2 is 1.94 bits per heavy atom. The SMILES string of the molecule is CC1CCC(N(C)c2ccc(F)cc2CBr)CC1. The van der Waals surface area contributed by atoms with Crippen molar-refractivity contribution in [1.82, 2.24) is 0 Å². The zero-order valence-corrected chi connectivity index (χ0v) is 12.7. The van der Waals surface area contributed by atoms with Crippen molar-refractivity contribution in [2.45, 2.75) is 44.0 Å². The molecule has 1 fully saturated rings. The lowest BCUT2D eigenvalue weighted by Gasteiger charge is -2.36. The average Bonchev–Trinajstić information content (AvgIpc) is 2.38. The van der Waals surface area contributed by atoms with E-state index in [9.17, 15) is 4.39 Å². The van der Waals surface area contributed by atoms with Gasteiger partial charge in [-0.05, 0) is 55.4 Å². The van der Waals surface area contributed by atoms with Gasteiger partial charge in [0.15, 0.2) is 0 Å². The molecule has 1 aliphatic rings. The third-order valence-electron chi connectivity index (χ3n) is 4.10. The van der Waals surface area contributed by atoms with Crippen LogP contribution in [0, 0.1) is 11.7 Å². The molecule has 0 bridgehead atoms. The molecule has 1 aromatic rings. The monoisotopic (exact) mass is 313 g/mol. The van der Waals surface area contributed by atoms with E-state index in [0.717, 1.165) is 17.2 Å². The molecule has 18 heavy (non-hydrogen) atoms. The van der Waals surface area contributed by atoms with Gasteiger partial charge in [-0.15, -0.1) is 0 Å². The number of rotatable bonds is 3. The van der Waals surface area contributed by atoms with Gasteiger partial charge < -0.3 is 4.90 Å². The molecule has 1 saturated carbocycles. The highest BCUT2D eigenvalue weighted by molar-refractivity contribution is 9.08. The number of anilines is 1. The average molecular weight is 314 g/mol. The lowest BCUT2D eigenvalue weighted by Crippen LogP contribution is -2.35. The minimum Gasteiger partial charge on any atom is -0.371 e. The minimum absolute atomic E-state index is 0.154. The summed E-state index contributed by atoms with van der Waals surface area (Å²) in [6.45, 7) is 2.33. The van der Waals surface area contributed by atoms with Crippen molar-refractivity contribution in [3.63, 3.8) is 0 Å². The number of benzene rings is 1. The Morgan fingerprint density at radius 3 is 2.56 bits per heavy atom. The molecule has 2 rings (SSSR count). The summed E-state index contributed by atoms with van der Waals surface area (Å²) in [7, 11) is 2.14. The normalized spacial score (nSPS) is 24.0. The lowest BCUT2D eigenvalue weighted by molar-refractivity contribution is 0.340. The zero-order valence-electron chi connectivity index (χ0n) is 11.1. The van der Waals surface area contributed by atoms with Gasteiger partial charge in [-0.3, -0.25) is 0 Å². The molecular formula is C15H21BrFN. The highest BCUT2D eigenvalue weighted by Gasteiger charge is 2.23. The first-order chi connectivity index (χ1) is 8.61. The Bertz CT molecular complexity index is 399. The fourth-order valence-corrected chi connectivity index (χ4v) is 3.28. The topological polar surface area (TPSA) is 3.24 Å². The van der Waals surface area contributed by atoms with Crippen molar-refractivity contribution in [3.05, 3.63) is 29.6 Å². The van der Waals surface area contributed by atoms with Crippen molar-refractivity contribution >= 4 is 21.6 Å². The van der Waals surface area contributed by atoms with E-state index in [-0.39, 0.29) is 5.82 Å². The summed E-state index contributed by atoms with van der Waals surface area (Å²) in [4.78, 5) is 2.34. The van der Waals surface area contributed by atoms with Crippen LogP contribution in [0.15, 0.2) is 18.2 Å². The van der Waals surface area contributed by atoms with E-state index in [1.165, 1.54) is 25.7 Å². The Hall–Kier alpha value is -0.570. The van der Waals surface area contributed by atoms with Crippen LogP contribution in [0.4, 0.5) is 10.1 Å². The lowest BCUT2D eigenvalue weighted by atomic mass is 9.86. The third kappa shape index (κ3) is 3.05. The van der Waals surface area contributed by atoms with Crippen LogP contribution in [0.3, 0.4) is 0 Å². The molecule has 0 N–H and O–H groups in total. The molecule has 0 atom stereocenters. The number of alkyl halides is 1. The Balaban J connectivity index is 2.15. The van der Waals surface area contributed by atoms with Crippen molar-refractivity contribution in [3.8, 4) is 0 Å². The van der Waals surface area contributed by atoms with Gasteiger partial charge in [0.05, 0.1) is 0 Å². The van der Waals surface area contributed by atoms with Crippen LogP contribution in [0.2, 0.25) is 0 Å². The summed E-state index contributed by atoms with van der Waals surface area (Å²) < 4.78 is 13.3. The summed E-state index contributed by atoms with van der Waals surface area (Å²) in [6, 6.07) is 5.70. The number of hydrogen-bond donors (Lipinski definition) is 0. The highest BCUT2D eigenvalue weighted by atomic mass is 79.9. The van der Waals surface area contributed by atoms with Crippen molar-refractivity contribution in [2.24, 2.45) is 5.92 Å². The summed E-state index contributed by atoms with van der Waals surface area (Å²) >= 11 is 3.45. The van der Waals surface area contributed by atoms with Gasteiger partial charge in [0.25, 0.3) is 0 Å². The van der Waals surface area contributed by atoms with Crippen LogP contribution in [-0.4, -0.2) is 13.1 Å². The fourth-order valence-electron chi connectivity index (χ4n) is 2.83. The van der Waals surface area contributed by atoms with Gasteiger partial charge >= 0.3 is 0 Å². The van der Waals surface area contributed by atoms with Crippen molar-refractivity contribution < 1.29 is 4.39 Å². The smallest absolute Gasteiger partial charge is 0.123 e. The van der Waals surface area contributed by atoms with E-state index in [2.05, 4.69) is 34.8 Å². The molecule has 0 aromatic heterocycles. The largest absolute Gasteiger partial charge is 0.371 e. The van der Waals surface area contributed by atoms with Crippen LogP contribution in [0.5, 0.6) is 0 Å². The molecule has 100 valence electrons. The van der Waals surface area contributed by atoms with Gasteiger partial charge in [-0.1, -0.05) is 22.9 Å². The summed E-state index contributed by atoms with van der Waals surface area (Å²) in [6.07, 6.45) is 5.10. The van der Waals surface area contributed by atoms with Gasteiger partial charge in [0.2, 0.25) is 0 Å². The third-order valence-corrected chi connectivity index (χ3v) is 4.70. The van der Waals surface area contributed by atoms with E-state index >= 15 is 0 Å². The Morgan fingerprint density at radius 1 is 1.28 bits per heavy atom. The van der Waals surface area contributed by atoms with Crippen LogP contribution in [0.1, 0.15) is 38.2 Å². The quantitative estimate of drug-likeness (QED) is 0.729. The molecule has 0 saturated heterocycles. The molecule has 0 heterocycles. The Kier molecular flexibility index (Phi) is 4.66. The van der Waals surface area contributed by atoms with Crippen molar-refractivity contribution in [2.75, 3.05) is 11.9 Å². The molecule has 0 radical (unpaired) electrons. The second-order valence-electron chi connectivity index (χ2n) is 5.43. The molecule has 0 aliphatic heterocycles. The van der Waals surface area contributed by atoms with Gasteiger partial charge in [0, 0.05) is 24.1 Å². The van der Waals surface area contributed by atoms with Crippen LogP contribution >= 0.6 is 15.9 Å². The van der Waals surface area contributed by atoms with Crippen LogP contribution in [-0.2, 0) is 5.33 Å². The first-order valence-electron chi connectivity index (χ1n) is 6.69. The first-order valence-corrected chi connectivity index (χ1v) is 7.81. The fraction of sp³-hybridized carbons (Fsp3) is 0.600. The number of halogens is 2. The molecule has 1 nitrogen and oxygen atoms in total. The molecular weight excluding hydrogens is 293 g/mol. The van der Waals surface area contributed by atoms with E-state index in [1.54, 1.807) is 12.1 Å². The van der Waals surface area contributed by atoms with Gasteiger partial charge in [0.1, 0.15) is 5.82 Å². The molecule has 1 aliphatic carbocycles. The molecule has 1 aromatic carbocycles. The second-order valence-corrected chi connectivity index (χ2v) is 5.99. The summed E-state index contributed by atoms with van der Waals surface area (Å²) in [5.74, 6) is 0.706. The maximum Gasteiger partial charge on any atom is 0.123 e. The van der Waals surface area contributed by atoms with E-state index in [0.29, 0.717) is 11.4 Å². The number of nitrogens with zero attached hydrogens (tertiary/aromatic N) is 1. The Labute approximate surface area is 118 Å². The predicted molar refractivity (Wildman–Crippen MR) is 78.9 cm³/mol. The summed E-state index contributed by atoms with van der Waals surface area (Å²) in [5.41, 5.74) is 2.20. The number of hydrogen-bond acceptors (Lipinski definition) is 1. The maximum atomic E-state index is 13.3. The van der Waals surface area contributed by atoms with Crippen molar-refractivity contribution in [1.29, 1.82) is 0 Å². The maximum absolute atomic E-state index is 13.3. The highest BCUT2D eigenvalue weighted by Crippen LogP contribution is 2.31. The van der Waals surface area contributed by atoms with E-state index in [4.69, 9.17) is 0 Å².